The molecule has 2 aliphatic carbocycles. The van der Waals surface area contributed by atoms with E-state index in [9.17, 15) is 4.79 Å². The molecule has 1 saturated carbocycles. The van der Waals surface area contributed by atoms with Crippen molar-refractivity contribution in [3.8, 4) is 0 Å². The lowest BCUT2D eigenvalue weighted by Gasteiger charge is -2.26. The Balaban J connectivity index is 1.55. The molecule has 0 aliphatic heterocycles. The molecule has 2 N–H and O–H groups in total. The van der Waals surface area contributed by atoms with Gasteiger partial charge in [-0.05, 0) is 37.5 Å². The number of aromatic nitrogens is 1. The average Bonchev–Trinajstić information content (AvgIpc) is 3.01. The van der Waals surface area contributed by atoms with Crippen LogP contribution in [-0.2, 0) is 6.54 Å². The summed E-state index contributed by atoms with van der Waals surface area (Å²) in [5.41, 5.74) is 1.01. The molecule has 0 saturated heterocycles. The van der Waals surface area contributed by atoms with Crippen LogP contribution < -0.4 is 10.2 Å². The van der Waals surface area contributed by atoms with E-state index in [1.54, 1.807) is 0 Å². The maximum Gasteiger partial charge on any atom is 0.304 e. The van der Waals surface area contributed by atoms with E-state index >= 15 is 0 Å². The van der Waals surface area contributed by atoms with Gasteiger partial charge in [-0.25, -0.2) is 0 Å². The molecule has 4 heteroatoms. The second-order valence-corrected chi connectivity index (χ2v) is 6.13. The lowest BCUT2D eigenvalue weighted by molar-refractivity contribution is 0.325. The summed E-state index contributed by atoms with van der Waals surface area (Å²) in [6.45, 7) is 3.04. The van der Waals surface area contributed by atoms with Crippen molar-refractivity contribution in [1.82, 2.24) is 10.3 Å². The van der Waals surface area contributed by atoms with Crippen LogP contribution in [0, 0.1) is 17.8 Å². The van der Waals surface area contributed by atoms with Crippen molar-refractivity contribution in [3.63, 3.8) is 0 Å². The molecule has 92 valence electrons. The normalized spacial score (nSPS) is 32.2. The van der Waals surface area contributed by atoms with Crippen molar-refractivity contribution in [2.24, 2.45) is 17.8 Å². The molecule has 3 nitrogen and oxygen atoms in total. The third kappa shape index (κ3) is 2.24. The van der Waals surface area contributed by atoms with Gasteiger partial charge in [0.05, 0.1) is 0 Å². The van der Waals surface area contributed by atoms with Gasteiger partial charge in [-0.15, -0.1) is 0 Å². The Hall–Kier alpha value is -0.870. The molecule has 0 amide bonds. The van der Waals surface area contributed by atoms with Gasteiger partial charge in [0.25, 0.3) is 0 Å². The summed E-state index contributed by atoms with van der Waals surface area (Å²) in [4.78, 5) is 13.9. The van der Waals surface area contributed by atoms with E-state index in [0.717, 1.165) is 30.0 Å². The highest BCUT2D eigenvalue weighted by Gasteiger charge is 2.38. The highest BCUT2D eigenvalue weighted by molar-refractivity contribution is 7.07. The Labute approximate surface area is 105 Å². The van der Waals surface area contributed by atoms with Gasteiger partial charge < -0.3 is 10.3 Å². The van der Waals surface area contributed by atoms with Gasteiger partial charge in [0.15, 0.2) is 0 Å². The zero-order chi connectivity index (χ0) is 11.8. The summed E-state index contributed by atoms with van der Waals surface area (Å²) >= 11 is 1.24. The zero-order valence-electron chi connectivity index (χ0n) is 9.98. The van der Waals surface area contributed by atoms with Crippen LogP contribution in [0.4, 0.5) is 0 Å². The minimum atomic E-state index is 0.0392. The number of allylic oxidation sites excluding steroid dienone is 2. The van der Waals surface area contributed by atoms with E-state index in [2.05, 4.69) is 29.4 Å². The van der Waals surface area contributed by atoms with Gasteiger partial charge in [0.1, 0.15) is 0 Å². The van der Waals surface area contributed by atoms with Gasteiger partial charge in [0, 0.05) is 23.7 Å². The number of hydrogen-bond donors (Lipinski definition) is 2. The number of rotatable bonds is 4. The second-order valence-electron chi connectivity index (χ2n) is 5.29. The predicted octanol–water partition coefficient (Wildman–Crippen LogP) is 2.13. The number of aromatic amines is 1. The predicted molar refractivity (Wildman–Crippen MR) is 70.1 cm³/mol. The Morgan fingerprint density at radius 1 is 1.53 bits per heavy atom. The van der Waals surface area contributed by atoms with E-state index in [0.29, 0.717) is 6.04 Å². The first-order valence-corrected chi connectivity index (χ1v) is 7.19. The van der Waals surface area contributed by atoms with Crippen LogP contribution in [0.25, 0.3) is 0 Å². The smallest absolute Gasteiger partial charge is 0.304 e. The second kappa shape index (κ2) is 4.42. The summed E-state index contributed by atoms with van der Waals surface area (Å²) in [6, 6.07) is 0.526. The number of hydrogen-bond acceptors (Lipinski definition) is 3. The van der Waals surface area contributed by atoms with Crippen LogP contribution >= 0.6 is 11.3 Å². The van der Waals surface area contributed by atoms with Crippen LogP contribution in [0.3, 0.4) is 0 Å². The van der Waals surface area contributed by atoms with Gasteiger partial charge in [-0.2, -0.15) is 0 Å². The minimum absolute atomic E-state index is 0.0392. The quantitative estimate of drug-likeness (QED) is 0.804. The summed E-state index contributed by atoms with van der Waals surface area (Å²) in [5, 5.41) is 5.45. The standard InChI is InChI=1S/C13H18N2OS/c1-8(12-5-9-2-3-10(12)4-9)14-6-11-7-17-13(16)15-11/h2-3,7-10,12,14H,4-6H2,1H3,(H,15,16). The topological polar surface area (TPSA) is 44.9 Å². The minimum Gasteiger partial charge on any atom is -0.315 e. The van der Waals surface area contributed by atoms with Gasteiger partial charge in [0.2, 0.25) is 0 Å². The first kappa shape index (κ1) is 11.2. The van der Waals surface area contributed by atoms with E-state index in [-0.39, 0.29) is 4.87 Å². The fourth-order valence-electron chi connectivity index (χ4n) is 3.22. The Kier molecular flexibility index (Phi) is 2.92. The molecule has 4 atom stereocenters. The van der Waals surface area contributed by atoms with Crippen LogP contribution in [0.1, 0.15) is 25.5 Å². The average molecular weight is 250 g/mol. The maximum atomic E-state index is 11.0. The molecule has 0 radical (unpaired) electrons. The van der Waals surface area contributed by atoms with E-state index in [1.807, 2.05) is 5.38 Å². The summed E-state index contributed by atoms with van der Waals surface area (Å²) < 4.78 is 0. The fraction of sp³-hybridized carbons (Fsp3) is 0.615. The molecule has 2 bridgehead atoms. The Bertz CT molecular complexity index is 476. The number of fused-ring (bicyclic) bond motifs is 2. The van der Waals surface area contributed by atoms with Crippen molar-refractivity contribution in [3.05, 3.63) is 32.9 Å². The molecule has 17 heavy (non-hydrogen) atoms. The third-order valence-electron chi connectivity index (χ3n) is 4.16. The largest absolute Gasteiger partial charge is 0.315 e. The van der Waals surface area contributed by atoms with Crippen molar-refractivity contribution >= 4 is 11.3 Å². The molecule has 1 aromatic heterocycles. The number of nitrogens with one attached hydrogen (secondary N) is 2. The molecule has 1 heterocycles. The molecular formula is C13H18N2OS. The van der Waals surface area contributed by atoms with Gasteiger partial charge >= 0.3 is 4.87 Å². The first-order valence-electron chi connectivity index (χ1n) is 6.31. The Morgan fingerprint density at radius 2 is 2.41 bits per heavy atom. The van der Waals surface area contributed by atoms with Crippen molar-refractivity contribution in [1.29, 1.82) is 0 Å². The van der Waals surface area contributed by atoms with E-state index in [4.69, 9.17) is 0 Å². The maximum absolute atomic E-state index is 11.0. The molecule has 0 aromatic carbocycles. The highest BCUT2D eigenvalue weighted by atomic mass is 32.1. The van der Waals surface area contributed by atoms with Crippen LogP contribution in [-0.4, -0.2) is 11.0 Å². The highest BCUT2D eigenvalue weighted by Crippen LogP contribution is 2.44. The van der Waals surface area contributed by atoms with Gasteiger partial charge in [-0.3, -0.25) is 4.79 Å². The molecule has 2 aliphatic rings. The van der Waals surface area contributed by atoms with Crippen molar-refractivity contribution < 1.29 is 0 Å². The summed E-state index contributed by atoms with van der Waals surface area (Å²) in [6.07, 6.45) is 7.45. The summed E-state index contributed by atoms with van der Waals surface area (Å²) in [7, 11) is 0. The van der Waals surface area contributed by atoms with Gasteiger partial charge in [-0.1, -0.05) is 23.5 Å². The van der Waals surface area contributed by atoms with E-state index < -0.39 is 0 Å². The summed E-state index contributed by atoms with van der Waals surface area (Å²) in [5.74, 6) is 2.38. The van der Waals surface area contributed by atoms with Crippen LogP contribution in [0.2, 0.25) is 0 Å². The number of H-pyrrole nitrogens is 1. The lowest BCUT2D eigenvalue weighted by Crippen LogP contribution is -2.35. The molecule has 0 spiro atoms. The third-order valence-corrected chi connectivity index (χ3v) is 4.88. The molecule has 1 fully saturated rings. The fourth-order valence-corrected chi connectivity index (χ4v) is 3.80. The van der Waals surface area contributed by atoms with Crippen LogP contribution in [0.15, 0.2) is 22.3 Å². The lowest BCUT2D eigenvalue weighted by atomic mass is 9.87. The van der Waals surface area contributed by atoms with Crippen molar-refractivity contribution in [2.45, 2.75) is 32.4 Å². The molecule has 4 unspecified atom stereocenters. The van der Waals surface area contributed by atoms with E-state index in [1.165, 1.54) is 24.2 Å². The number of thiazole rings is 1. The Morgan fingerprint density at radius 3 is 3.00 bits per heavy atom. The SMILES string of the molecule is CC(NCc1csc(=O)[nH]1)C1CC2C=CC1C2. The molecule has 1 aromatic rings. The molecular weight excluding hydrogens is 232 g/mol. The first-order chi connectivity index (χ1) is 8.22. The van der Waals surface area contributed by atoms with Crippen LogP contribution in [0.5, 0.6) is 0 Å². The monoisotopic (exact) mass is 250 g/mol. The zero-order valence-corrected chi connectivity index (χ0v) is 10.8. The van der Waals surface area contributed by atoms with Crippen molar-refractivity contribution in [2.75, 3.05) is 0 Å². The molecule has 3 rings (SSSR count).